The molecule has 0 aliphatic carbocycles. The van der Waals surface area contributed by atoms with Gasteiger partial charge in [0.1, 0.15) is 0 Å². The molecule has 0 fully saturated rings. The lowest BCUT2D eigenvalue weighted by molar-refractivity contribution is 0.0999. The zero-order chi connectivity index (χ0) is 11.3. The van der Waals surface area contributed by atoms with Gasteiger partial charge in [0.2, 0.25) is 0 Å². The highest BCUT2D eigenvalue weighted by Gasteiger charge is 2.04. The van der Waals surface area contributed by atoms with Crippen LogP contribution in [0.3, 0.4) is 0 Å². The quantitative estimate of drug-likeness (QED) is 0.612. The zero-order valence-electron chi connectivity index (χ0n) is 8.66. The third kappa shape index (κ3) is 3.83. The summed E-state index contributed by atoms with van der Waals surface area (Å²) in [4.78, 5) is 15.4. The van der Waals surface area contributed by atoms with Gasteiger partial charge in [-0.05, 0) is 25.1 Å². The molecule has 0 atom stereocenters. The molecular formula is C11H12BrNO2. The third-order valence-corrected chi connectivity index (χ3v) is 2.18. The van der Waals surface area contributed by atoms with Crippen molar-refractivity contribution in [2.24, 2.45) is 4.99 Å². The van der Waals surface area contributed by atoms with Crippen molar-refractivity contribution >= 4 is 27.7 Å². The van der Waals surface area contributed by atoms with Crippen LogP contribution in [0.25, 0.3) is 0 Å². The first kappa shape index (κ1) is 11.9. The van der Waals surface area contributed by atoms with E-state index in [1.54, 1.807) is 25.1 Å². The molecule has 15 heavy (non-hydrogen) atoms. The fourth-order valence-corrected chi connectivity index (χ4v) is 1.47. The maximum Gasteiger partial charge on any atom is 0.280 e. The number of ether oxygens (including phenoxy) is 1. The molecule has 1 aromatic carbocycles. The number of benzene rings is 1. The van der Waals surface area contributed by atoms with Gasteiger partial charge < -0.3 is 4.74 Å². The molecule has 1 rings (SSSR count). The highest BCUT2D eigenvalue weighted by Crippen LogP contribution is 2.12. The van der Waals surface area contributed by atoms with Crippen molar-refractivity contribution in [1.29, 1.82) is 0 Å². The van der Waals surface area contributed by atoms with Crippen molar-refractivity contribution in [1.82, 2.24) is 0 Å². The van der Waals surface area contributed by atoms with Crippen LogP contribution in [0, 0.1) is 0 Å². The van der Waals surface area contributed by atoms with Crippen molar-refractivity contribution in [3.63, 3.8) is 0 Å². The summed E-state index contributed by atoms with van der Waals surface area (Å²) in [7, 11) is 0. The fourth-order valence-electron chi connectivity index (χ4n) is 1.07. The van der Waals surface area contributed by atoms with Crippen LogP contribution < -0.4 is 0 Å². The second-order valence-corrected chi connectivity index (χ2v) is 3.80. The summed E-state index contributed by atoms with van der Waals surface area (Å²) in [6.07, 6.45) is 0. The zero-order valence-corrected chi connectivity index (χ0v) is 10.2. The summed E-state index contributed by atoms with van der Waals surface area (Å²) in [6, 6.07) is 7.10. The molecule has 0 heterocycles. The number of nitrogens with zero attached hydrogens (tertiary/aromatic N) is 1. The molecule has 0 bridgehead atoms. The lowest BCUT2D eigenvalue weighted by Gasteiger charge is -2.01. The Balaban J connectivity index is 2.81. The number of rotatable bonds is 2. The van der Waals surface area contributed by atoms with Gasteiger partial charge in [-0.25, -0.2) is 0 Å². The highest BCUT2D eigenvalue weighted by molar-refractivity contribution is 9.10. The molecule has 0 saturated carbocycles. The van der Waals surface area contributed by atoms with Crippen LogP contribution in [0.5, 0.6) is 0 Å². The Morgan fingerprint density at radius 3 is 2.87 bits per heavy atom. The lowest BCUT2D eigenvalue weighted by atomic mass is 10.2. The molecule has 0 aromatic heterocycles. The molecule has 1 aromatic rings. The highest BCUT2D eigenvalue weighted by atomic mass is 79.9. The van der Waals surface area contributed by atoms with Crippen molar-refractivity contribution in [2.75, 3.05) is 6.61 Å². The number of carbonyl (C=O) groups excluding carboxylic acids is 1. The van der Waals surface area contributed by atoms with Gasteiger partial charge in [-0.3, -0.25) is 4.79 Å². The summed E-state index contributed by atoms with van der Waals surface area (Å²) < 4.78 is 5.94. The van der Waals surface area contributed by atoms with Crippen LogP contribution >= 0.6 is 15.9 Å². The fraction of sp³-hybridized carbons (Fsp3) is 0.273. The molecule has 0 unspecified atom stereocenters. The predicted molar refractivity (Wildman–Crippen MR) is 63.2 cm³/mol. The number of halogens is 1. The van der Waals surface area contributed by atoms with E-state index in [1.807, 2.05) is 13.0 Å². The van der Waals surface area contributed by atoms with Crippen LogP contribution in [0.2, 0.25) is 0 Å². The molecular weight excluding hydrogens is 258 g/mol. The topological polar surface area (TPSA) is 38.7 Å². The molecule has 4 heteroatoms. The van der Waals surface area contributed by atoms with Gasteiger partial charge in [-0.2, -0.15) is 4.99 Å². The monoisotopic (exact) mass is 269 g/mol. The van der Waals surface area contributed by atoms with E-state index >= 15 is 0 Å². The van der Waals surface area contributed by atoms with Crippen LogP contribution in [0.4, 0.5) is 0 Å². The normalized spacial score (nSPS) is 11.3. The van der Waals surface area contributed by atoms with Gasteiger partial charge in [-0.15, -0.1) is 0 Å². The lowest BCUT2D eigenvalue weighted by Crippen LogP contribution is -2.04. The van der Waals surface area contributed by atoms with Crippen LogP contribution in [-0.4, -0.2) is 18.4 Å². The van der Waals surface area contributed by atoms with E-state index in [4.69, 9.17) is 4.74 Å². The SMILES string of the molecule is CCO/C(C)=N\C(=O)c1cccc(Br)c1. The Hall–Kier alpha value is -1.16. The first-order valence-corrected chi connectivity index (χ1v) is 5.40. The Kier molecular flexibility index (Phi) is 4.49. The number of hydrogen-bond acceptors (Lipinski definition) is 2. The molecule has 0 aliphatic rings. The number of amides is 1. The summed E-state index contributed by atoms with van der Waals surface area (Å²) in [5.41, 5.74) is 0.545. The smallest absolute Gasteiger partial charge is 0.280 e. The van der Waals surface area contributed by atoms with Crippen molar-refractivity contribution in [2.45, 2.75) is 13.8 Å². The van der Waals surface area contributed by atoms with Crippen LogP contribution in [-0.2, 0) is 4.74 Å². The van der Waals surface area contributed by atoms with Crippen molar-refractivity contribution in [3.05, 3.63) is 34.3 Å². The summed E-state index contributed by atoms with van der Waals surface area (Å²) in [5.74, 6) is 0.102. The van der Waals surface area contributed by atoms with Gasteiger partial charge in [0.25, 0.3) is 5.91 Å². The van der Waals surface area contributed by atoms with E-state index < -0.39 is 0 Å². The molecule has 0 aliphatic heterocycles. The number of carbonyl (C=O) groups is 1. The molecule has 3 nitrogen and oxygen atoms in total. The van der Waals surface area contributed by atoms with E-state index in [0.717, 1.165) is 4.47 Å². The first-order valence-electron chi connectivity index (χ1n) is 4.61. The number of aliphatic imine (C=N–C) groups is 1. The van der Waals surface area contributed by atoms with Crippen LogP contribution in [0.1, 0.15) is 24.2 Å². The summed E-state index contributed by atoms with van der Waals surface area (Å²) in [5, 5.41) is 0. The molecule has 0 N–H and O–H groups in total. The Morgan fingerprint density at radius 1 is 1.53 bits per heavy atom. The Morgan fingerprint density at radius 2 is 2.27 bits per heavy atom. The molecule has 1 amide bonds. The second kappa shape index (κ2) is 5.66. The summed E-state index contributed by atoms with van der Waals surface area (Å²) >= 11 is 3.30. The summed E-state index contributed by atoms with van der Waals surface area (Å²) in [6.45, 7) is 4.03. The van der Waals surface area contributed by atoms with E-state index in [1.165, 1.54) is 0 Å². The minimum absolute atomic E-state index is 0.290. The van der Waals surface area contributed by atoms with Gasteiger partial charge >= 0.3 is 0 Å². The average Bonchev–Trinajstić information content (AvgIpc) is 2.18. The predicted octanol–water partition coefficient (Wildman–Crippen LogP) is 3.04. The van der Waals surface area contributed by atoms with Gasteiger partial charge in [0.15, 0.2) is 5.90 Å². The molecule has 0 saturated heterocycles. The minimum Gasteiger partial charge on any atom is -0.481 e. The molecule has 80 valence electrons. The van der Waals surface area contributed by atoms with Gasteiger partial charge in [0.05, 0.1) is 6.61 Å². The van der Waals surface area contributed by atoms with E-state index in [-0.39, 0.29) is 5.91 Å². The van der Waals surface area contributed by atoms with Crippen molar-refractivity contribution in [3.8, 4) is 0 Å². The Labute approximate surface area is 97.3 Å². The van der Waals surface area contributed by atoms with Crippen LogP contribution in [0.15, 0.2) is 33.7 Å². The van der Waals surface area contributed by atoms with Crippen molar-refractivity contribution < 1.29 is 9.53 Å². The maximum atomic E-state index is 11.6. The Bertz CT molecular complexity index is 388. The van der Waals surface area contributed by atoms with E-state index in [0.29, 0.717) is 18.1 Å². The van der Waals surface area contributed by atoms with E-state index in [9.17, 15) is 4.79 Å². The standard InChI is InChI=1S/C11H12BrNO2/c1-3-15-8(2)13-11(14)9-5-4-6-10(12)7-9/h4-7H,3H2,1-2H3/b13-8-. The third-order valence-electron chi connectivity index (χ3n) is 1.68. The average molecular weight is 270 g/mol. The maximum absolute atomic E-state index is 11.6. The van der Waals surface area contributed by atoms with Gasteiger partial charge in [-0.1, -0.05) is 22.0 Å². The molecule has 0 spiro atoms. The van der Waals surface area contributed by atoms with Gasteiger partial charge in [0, 0.05) is 17.0 Å². The first-order chi connectivity index (χ1) is 7.13. The number of hydrogen-bond donors (Lipinski definition) is 0. The largest absolute Gasteiger partial charge is 0.481 e. The minimum atomic E-state index is -0.290. The molecule has 0 radical (unpaired) electrons. The van der Waals surface area contributed by atoms with E-state index in [2.05, 4.69) is 20.9 Å². The second-order valence-electron chi connectivity index (χ2n) is 2.88.